The molecule has 0 aromatic heterocycles. The van der Waals surface area contributed by atoms with Crippen molar-refractivity contribution in [3.63, 3.8) is 0 Å². The molecule has 1 fully saturated rings. The Morgan fingerprint density at radius 1 is 1.27 bits per heavy atom. The van der Waals surface area contributed by atoms with Gasteiger partial charge in [0.05, 0.1) is 6.10 Å². The van der Waals surface area contributed by atoms with Gasteiger partial charge in [0.25, 0.3) is 0 Å². The summed E-state index contributed by atoms with van der Waals surface area (Å²) in [6.07, 6.45) is 8.55. The van der Waals surface area contributed by atoms with Crippen molar-refractivity contribution in [2.24, 2.45) is 0 Å². The van der Waals surface area contributed by atoms with E-state index in [1.807, 2.05) is 0 Å². The molecule has 1 rings (SSSR count). The first-order valence-corrected chi connectivity index (χ1v) is 6.70. The van der Waals surface area contributed by atoms with Gasteiger partial charge in [-0.15, -0.1) is 0 Å². The lowest BCUT2D eigenvalue weighted by molar-refractivity contribution is 0.0593. The normalized spacial score (nSPS) is 25.4. The van der Waals surface area contributed by atoms with Gasteiger partial charge in [-0.1, -0.05) is 33.1 Å². The molecule has 0 aliphatic carbocycles. The third kappa shape index (κ3) is 4.52. The van der Waals surface area contributed by atoms with Gasteiger partial charge in [-0.05, 0) is 32.2 Å². The van der Waals surface area contributed by atoms with Crippen molar-refractivity contribution < 1.29 is 5.11 Å². The van der Waals surface area contributed by atoms with Crippen molar-refractivity contribution in [2.45, 2.75) is 70.9 Å². The van der Waals surface area contributed by atoms with Crippen LogP contribution in [0, 0.1) is 0 Å². The van der Waals surface area contributed by atoms with Gasteiger partial charge in [0.1, 0.15) is 0 Å². The Hall–Kier alpha value is -0.0800. The average molecular weight is 213 g/mol. The molecular weight excluding hydrogens is 186 g/mol. The van der Waals surface area contributed by atoms with Gasteiger partial charge in [-0.3, -0.25) is 4.90 Å². The molecule has 2 nitrogen and oxygen atoms in total. The van der Waals surface area contributed by atoms with Gasteiger partial charge in [0, 0.05) is 12.6 Å². The van der Waals surface area contributed by atoms with Gasteiger partial charge in [-0.2, -0.15) is 0 Å². The van der Waals surface area contributed by atoms with Gasteiger partial charge in [-0.25, -0.2) is 0 Å². The number of piperidine rings is 1. The van der Waals surface area contributed by atoms with Crippen LogP contribution in [0.4, 0.5) is 0 Å². The van der Waals surface area contributed by atoms with Crippen LogP contribution in [0.25, 0.3) is 0 Å². The summed E-state index contributed by atoms with van der Waals surface area (Å²) in [5, 5.41) is 9.85. The standard InChI is InChI=1S/C13H27NO/c1-3-7-12-9-5-6-10-14(12)11-13(15)8-4-2/h12-13,15H,3-11H2,1-2H3. The molecule has 0 radical (unpaired) electrons. The predicted molar refractivity (Wildman–Crippen MR) is 65.0 cm³/mol. The second-order valence-corrected chi connectivity index (χ2v) is 4.88. The van der Waals surface area contributed by atoms with Crippen molar-refractivity contribution in [1.29, 1.82) is 0 Å². The van der Waals surface area contributed by atoms with Crippen LogP contribution < -0.4 is 0 Å². The van der Waals surface area contributed by atoms with E-state index >= 15 is 0 Å². The molecule has 1 aliphatic heterocycles. The Morgan fingerprint density at radius 3 is 2.73 bits per heavy atom. The molecule has 1 N–H and O–H groups in total. The average Bonchev–Trinajstić information content (AvgIpc) is 2.21. The molecule has 2 unspecified atom stereocenters. The molecule has 0 bridgehead atoms. The summed E-state index contributed by atoms with van der Waals surface area (Å²) in [7, 11) is 0. The number of likely N-dealkylation sites (tertiary alicyclic amines) is 1. The molecule has 1 heterocycles. The van der Waals surface area contributed by atoms with Crippen molar-refractivity contribution in [3.8, 4) is 0 Å². The fourth-order valence-electron chi connectivity index (χ4n) is 2.66. The number of hydrogen-bond acceptors (Lipinski definition) is 2. The van der Waals surface area contributed by atoms with Crippen LogP contribution in [0.1, 0.15) is 58.8 Å². The minimum Gasteiger partial charge on any atom is -0.392 e. The Kier molecular flexibility index (Phi) is 6.26. The maximum absolute atomic E-state index is 9.85. The van der Waals surface area contributed by atoms with E-state index in [1.54, 1.807) is 0 Å². The van der Waals surface area contributed by atoms with Crippen molar-refractivity contribution in [1.82, 2.24) is 4.90 Å². The minimum absolute atomic E-state index is 0.104. The maximum atomic E-state index is 9.85. The number of hydrogen-bond donors (Lipinski definition) is 1. The first kappa shape index (κ1) is 13.0. The number of aliphatic hydroxyl groups is 1. The first-order chi connectivity index (χ1) is 7.27. The highest BCUT2D eigenvalue weighted by molar-refractivity contribution is 4.78. The highest BCUT2D eigenvalue weighted by Gasteiger charge is 2.22. The van der Waals surface area contributed by atoms with Gasteiger partial charge in [0.15, 0.2) is 0 Å². The number of nitrogens with zero attached hydrogens (tertiary/aromatic N) is 1. The summed E-state index contributed by atoms with van der Waals surface area (Å²) in [6.45, 7) is 6.50. The van der Waals surface area contributed by atoms with Crippen LogP contribution in [0.5, 0.6) is 0 Å². The zero-order chi connectivity index (χ0) is 11.1. The zero-order valence-electron chi connectivity index (χ0n) is 10.4. The minimum atomic E-state index is -0.104. The summed E-state index contributed by atoms with van der Waals surface area (Å²) in [6, 6.07) is 0.746. The van der Waals surface area contributed by atoms with E-state index in [9.17, 15) is 5.11 Å². The molecule has 1 saturated heterocycles. The van der Waals surface area contributed by atoms with Gasteiger partial charge >= 0.3 is 0 Å². The van der Waals surface area contributed by atoms with E-state index in [-0.39, 0.29) is 6.10 Å². The van der Waals surface area contributed by atoms with Crippen LogP contribution in [0.3, 0.4) is 0 Å². The largest absolute Gasteiger partial charge is 0.392 e. The second kappa shape index (κ2) is 7.24. The van der Waals surface area contributed by atoms with Crippen LogP contribution in [0.15, 0.2) is 0 Å². The lowest BCUT2D eigenvalue weighted by Gasteiger charge is -2.36. The Labute approximate surface area is 94.7 Å². The van der Waals surface area contributed by atoms with Gasteiger partial charge in [0.2, 0.25) is 0 Å². The first-order valence-electron chi connectivity index (χ1n) is 6.70. The van der Waals surface area contributed by atoms with E-state index in [4.69, 9.17) is 0 Å². The van der Waals surface area contributed by atoms with Crippen molar-refractivity contribution in [3.05, 3.63) is 0 Å². The van der Waals surface area contributed by atoms with E-state index in [0.717, 1.165) is 25.4 Å². The summed E-state index contributed by atoms with van der Waals surface area (Å²) in [5.41, 5.74) is 0. The molecule has 90 valence electrons. The lowest BCUT2D eigenvalue weighted by Crippen LogP contribution is -2.43. The van der Waals surface area contributed by atoms with Gasteiger partial charge < -0.3 is 5.11 Å². The molecule has 0 aromatic carbocycles. The fourth-order valence-corrected chi connectivity index (χ4v) is 2.66. The molecule has 0 amide bonds. The van der Waals surface area contributed by atoms with Crippen LogP contribution in [0.2, 0.25) is 0 Å². The SMILES string of the molecule is CCCC(O)CN1CCCCC1CCC. The molecular formula is C13H27NO. The molecule has 2 atom stereocenters. The number of β-amino-alcohol motifs (C(OH)–C–C–N with tert-alkyl or cyclic N) is 1. The van der Waals surface area contributed by atoms with E-state index < -0.39 is 0 Å². The highest BCUT2D eigenvalue weighted by atomic mass is 16.3. The third-order valence-corrected chi connectivity index (χ3v) is 3.44. The smallest absolute Gasteiger partial charge is 0.0667 e. The quantitative estimate of drug-likeness (QED) is 0.733. The van der Waals surface area contributed by atoms with Crippen LogP contribution in [-0.4, -0.2) is 35.2 Å². The molecule has 1 aliphatic rings. The van der Waals surface area contributed by atoms with E-state index in [2.05, 4.69) is 18.7 Å². The summed E-state index contributed by atoms with van der Waals surface area (Å²) >= 11 is 0. The Morgan fingerprint density at radius 2 is 2.07 bits per heavy atom. The summed E-state index contributed by atoms with van der Waals surface area (Å²) in [5.74, 6) is 0. The van der Waals surface area contributed by atoms with Crippen molar-refractivity contribution in [2.75, 3.05) is 13.1 Å². The Bertz CT molecular complexity index is 159. The second-order valence-electron chi connectivity index (χ2n) is 4.88. The number of aliphatic hydroxyl groups excluding tert-OH is 1. The summed E-state index contributed by atoms with van der Waals surface area (Å²) in [4.78, 5) is 2.52. The topological polar surface area (TPSA) is 23.5 Å². The molecule has 0 saturated carbocycles. The Balaban J connectivity index is 2.34. The number of rotatable bonds is 6. The third-order valence-electron chi connectivity index (χ3n) is 3.44. The monoisotopic (exact) mass is 213 g/mol. The van der Waals surface area contributed by atoms with E-state index in [1.165, 1.54) is 38.6 Å². The molecule has 2 heteroatoms. The maximum Gasteiger partial charge on any atom is 0.0667 e. The lowest BCUT2D eigenvalue weighted by atomic mass is 9.97. The van der Waals surface area contributed by atoms with Crippen LogP contribution in [-0.2, 0) is 0 Å². The predicted octanol–water partition coefficient (Wildman–Crippen LogP) is 2.80. The van der Waals surface area contributed by atoms with E-state index in [0.29, 0.717) is 0 Å². The fraction of sp³-hybridized carbons (Fsp3) is 1.00. The molecule has 0 aromatic rings. The molecule has 0 spiro atoms. The van der Waals surface area contributed by atoms with Crippen molar-refractivity contribution >= 4 is 0 Å². The zero-order valence-corrected chi connectivity index (χ0v) is 10.4. The molecule has 15 heavy (non-hydrogen) atoms. The summed E-state index contributed by atoms with van der Waals surface area (Å²) < 4.78 is 0. The highest BCUT2D eigenvalue weighted by Crippen LogP contribution is 2.21. The van der Waals surface area contributed by atoms with Crippen LogP contribution >= 0.6 is 0 Å².